The van der Waals surface area contributed by atoms with Crippen molar-refractivity contribution in [1.29, 1.82) is 0 Å². The quantitative estimate of drug-likeness (QED) is 0.248. The fourth-order valence-corrected chi connectivity index (χ4v) is 7.20. The molecule has 42 heavy (non-hydrogen) atoms. The van der Waals surface area contributed by atoms with Gasteiger partial charge in [0.15, 0.2) is 8.32 Å². The zero-order chi connectivity index (χ0) is 29.5. The SMILES string of the molecule is CC(C)(C)[Si](C)(C)OC1CCC(Nc2ncc3c(N)ncc(-c4ccc5c(N6CCOCC6)nccc5c4)c3n2)CC1. The number of benzene rings is 1. The van der Waals surface area contributed by atoms with Crippen LogP contribution in [0.15, 0.2) is 42.9 Å². The lowest BCUT2D eigenvalue weighted by Gasteiger charge is -2.41. The number of nitrogens with one attached hydrogen (secondary N) is 1. The summed E-state index contributed by atoms with van der Waals surface area (Å²) in [6, 6.07) is 8.83. The van der Waals surface area contributed by atoms with Crippen molar-refractivity contribution in [2.24, 2.45) is 0 Å². The molecule has 0 atom stereocenters. The number of anilines is 3. The summed E-state index contributed by atoms with van der Waals surface area (Å²) in [5.41, 5.74) is 9.05. The second-order valence-corrected chi connectivity index (χ2v) is 17.9. The van der Waals surface area contributed by atoms with Crippen molar-refractivity contribution in [3.8, 4) is 11.1 Å². The highest BCUT2D eigenvalue weighted by atomic mass is 28.4. The van der Waals surface area contributed by atoms with E-state index < -0.39 is 8.32 Å². The Labute approximate surface area is 249 Å². The van der Waals surface area contributed by atoms with E-state index in [9.17, 15) is 0 Å². The monoisotopic (exact) mass is 585 g/mol. The van der Waals surface area contributed by atoms with Crippen molar-refractivity contribution in [3.05, 3.63) is 42.9 Å². The van der Waals surface area contributed by atoms with Gasteiger partial charge in [-0.1, -0.05) is 32.9 Å². The first-order valence-corrected chi connectivity index (χ1v) is 18.1. The molecule has 1 aliphatic carbocycles. The van der Waals surface area contributed by atoms with Crippen LogP contribution in [-0.2, 0) is 9.16 Å². The van der Waals surface area contributed by atoms with E-state index in [4.69, 9.17) is 24.9 Å². The molecule has 3 N–H and O–H groups in total. The van der Waals surface area contributed by atoms with E-state index in [-0.39, 0.29) is 5.04 Å². The molecule has 2 fully saturated rings. The van der Waals surface area contributed by atoms with E-state index >= 15 is 0 Å². The number of nitrogens with two attached hydrogens (primary N) is 1. The number of fused-ring (bicyclic) bond motifs is 2. The molecular weight excluding hydrogens is 542 g/mol. The van der Waals surface area contributed by atoms with Crippen LogP contribution in [0.3, 0.4) is 0 Å². The summed E-state index contributed by atoms with van der Waals surface area (Å²) in [5, 5.41) is 6.84. The molecule has 1 aliphatic heterocycles. The van der Waals surface area contributed by atoms with Crippen LogP contribution in [0.25, 0.3) is 32.8 Å². The third-order valence-electron chi connectivity index (χ3n) is 9.29. The van der Waals surface area contributed by atoms with Crippen LogP contribution in [0.2, 0.25) is 18.1 Å². The van der Waals surface area contributed by atoms with Crippen molar-refractivity contribution < 1.29 is 9.16 Å². The summed E-state index contributed by atoms with van der Waals surface area (Å²) < 4.78 is 12.2. The van der Waals surface area contributed by atoms with Crippen LogP contribution in [-0.4, -0.2) is 66.7 Å². The Balaban J connectivity index is 1.23. The lowest BCUT2D eigenvalue weighted by molar-refractivity contribution is 0.122. The Morgan fingerprint density at radius 2 is 1.74 bits per heavy atom. The fourth-order valence-electron chi connectivity index (χ4n) is 5.78. The van der Waals surface area contributed by atoms with E-state index in [1.807, 2.05) is 12.4 Å². The van der Waals surface area contributed by atoms with Gasteiger partial charge in [-0.2, -0.15) is 0 Å². The number of ether oxygens (including phenoxy) is 1. The van der Waals surface area contributed by atoms with Gasteiger partial charge >= 0.3 is 0 Å². The van der Waals surface area contributed by atoms with E-state index in [0.29, 0.717) is 23.9 Å². The van der Waals surface area contributed by atoms with Crippen LogP contribution in [0.5, 0.6) is 0 Å². The molecule has 0 radical (unpaired) electrons. The first kappa shape index (κ1) is 28.8. The van der Waals surface area contributed by atoms with Crippen molar-refractivity contribution in [3.63, 3.8) is 0 Å². The molecule has 3 aromatic heterocycles. The summed E-state index contributed by atoms with van der Waals surface area (Å²) in [5.74, 6) is 2.06. The molecule has 10 heteroatoms. The van der Waals surface area contributed by atoms with Crippen LogP contribution in [0.1, 0.15) is 46.5 Å². The van der Waals surface area contributed by atoms with Crippen LogP contribution >= 0.6 is 0 Å². The number of rotatable bonds is 6. The van der Waals surface area contributed by atoms with Gasteiger partial charge in [0.25, 0.3) is 0 Å². The third-order valence-corrected chi connectivity index (χ3v) is 13.8. The summed E-state index contributed by atoms with van der Waals surface area (Å²) in [6.07, 6.45) is 10.0. The molecule has 2 aliphatic rings. The first-order chi connectivity index (χ1) is 20.1. The summed E-state index contributed by atoms with van der Waals surface area (Å²) in [4.78, 5) is 21.1. The Morgan fingerprint density at radius 1 is 0.976 bits per heavy atom. The zero-order valence-corrected chi connectivity index (χ0v) is 26.5. The van der Waals surface area contributed by atoms with Crippen molar-refractivity contribution in [1.82, 2.24) is 19.9 Å². The van der Waals surface area contributed by atoms with Gasteiger partial charge in [0, 0.05) is 54.8 Å². The maximum atomic E-state index is 6.70. The number of morpholine rings is 1. The minimum atomic E-state index is -1.77. The highest BCUT2D eigenvalue weighted by Crippen LogP contribution is 2.39. The predicted octanol–water partition coefficient (Wildman–Crippen LogP) is 6.40. The van der Waals surface area contributed by atoms with E-state index in [1.54, 1.807) is 6.20 Å². The topological polar surface area (TPSA) is 111 Å². The smallest absolute Gasteiger partial charge is 0.223 e. The number of pyridine rings is 2. The molecule has 6 rings (SSSR count). The van der Waals surface area contributed by atoms with Gasteiger partial charge < -0.3 is 25.1 Å². The Hall–Kier alpha value is -3.34. The van der Waals surface area contributed by atoms with Crippen molar-refractivity contribution >= 4 is 47.6 Å². The average Bonchev–Trinajstić information content (AvgIpc) is 2.97. The normalized spacial score (nSPS) is 20.3. The largest absolute Gasteiger partial charge is 0.414 e. The summed E-state index contributed by atoms with van der Waals surface area (Å²) in [6.45, 7) is 14.7. The van der Waals surface area contributed by atoms with E-state index in [1.165, 1.54) is 0 Å². The standard InChI is InChI=1S/C32H43N7O2Si/c1-32(2,3)42(4,5)41-24-9-7-23(8-10-24)37-31-36-20-27-28(38-31)26(19-35-29(27)33)21-6-11-25-22(18-21)12-13-34-30(25)39-14-16-40-17-15-39/h6,11-13,18-20,23-24H,7-10,14-17H2,1-5H3,(H2,33,35)(H,36,37,38). The molecular formula is C32H43N7O2Si. The Morgan fingerprint density at radius 3 is 2.48 bits per heavy atom. The second-order valence-electron chi connectivity index (χ2n) is 13.2. The molecule has 1 saturated carbocycles. The van der Waals surface area contributed by atoms with Gasteiger partial charge in [0.2, 0.25) is 5.95 Å². The maximum Gasteiger partial charge on any atom is 0.223 e. The first-order valence-electron chi connectivity index (χ1n) is 15.2. The van der Waals surface area contributed by atoms with E-state index in [0.717, 1.165) is 90.6 Å². The number of aromatic nitrogens is 4. The molecule has 9 nitrogen and oxygen atoms in total. The summed E-state index contributed by atoms with van der Waals surface area (Å²) >= 11 is 0. The lowest BCUT2D eigenvalue weighted by Crippen LogP contribution is -2.45. The van der Waals surface area contributed by atoms with Crippen LogP contribution < -0.4 is 16.0 Å². The minimum absolute atomic E-state index is 0.225. The van der Waals surface area contributed by atoms with Crippen LogP contribution in [0.4, 0.5) is 17.6 Å². The van der Waals surface area contributed by atoms with Gasteiger partial charge in [-0.05, 0) is 66.9 Å². The Kier molecular flexibility index (Phi) is 7.80. The molecule has 4 heterocycles. The average molecular weight is 586 g/mol. The molecule has 1 aromatic carbocycles. The van der Waals surface area contributed by atoms with Gasteiger partial charge in [0.05, 0.1) is 24.1 Å². The van der Waals surface area contributed by atoms with Crippen molar-refractivity contribution in [2.45, 2.75) is 76.7 Å². The highest BCUT2D eigenvalue weighted by molar-refractivity contribution is 6.74. The predicted molar refractivity (Wildman–Crippen MR) is 173 cm³/mol. The number of hydrogen-bond acceptors (Lipinski definition) is 9. The highest BCUT2D eigenvalue weighted by Gasteiger charge is 2.39. The molecule has 0 unspecified atom stereocenters. The lowest BCUT2D eigenvalue weighted by atomic mass is 9.93. The molecule has 1 saturated heterocycles. The molecule has 222 valence electrons. The molecule has 0 amide bonds. The maximum absolute atomic E-state index is 6.70. The Bertz CT molecular complexity index is 1570. The number of nitrogens with zero attached hydrogens (tertiary/aromatic N) is 5. The van der Waals surface area contributed by atoms with Gasteiger partial charge in [-0.3, -0.25) is 0 Å². The van der Waals surface area contributed by atoms with Gasteiger partial charge in [-0.15, -0.1) is 0 Å². The summed E-state index contributed by atoms with van der Waals surface area (Å²) in [7, 11) is -1.77. The van der Waals surface area contributed by atoms with Gasteiger partial charge in [0.1, 0.15) is 11.6 Å². The second kappa shape index (κ2) is 11.4. The van der Waals surface area contributed by atoms with Crippen molar-refractivity contribution in [2.75, 3.05) is 42.3 Å². The fraction of sp³-hybridized carbons (Fsp3) is 0.500. The number of hydrogen-bond donors (Lipinski definition) is 2. The third kappa shape index (κ3) is 5.80. The molecule has 4 aromatic rings. The molecule has 0 spiro atoms. The molecule has 0 bridgehead atoms. The van der Waals surface area contributed by atoms with Crippen LogP contribution in [0, 0.1) is 0 Å². The van der Waals surface area contributed by atoms with E-state index in [2.05, 4.69) is 78.3 Å². The van der Waals surface area contributed by atoms with Gasteiger partial charge in [-0.25, -0.2) is 19.9 Å². The minimum Gasteiger partial charge on any atom is -0.414 e. The zero-order valence-electron chi connectivity index (χ0n) is 25.5. The number of nitrogen functional groups attached to an aromatic ring is 1.